The number of aryl methyl sites for hydroxylation is 1. The summed E-state index contributed by atoms with van der Waals surface area (Å²) in [4.78, 5) is 7.94. The van der Waals surface area contributed by atoms with Crippen LogP contribution in [0.25, 0.3) is 0 Å². The number of oxime groups is 1. The maximum atomic E-state index is 10.8. The number of hydrogen-bond acceptors (Lipinski definition) is 6. The van der Waals surface area contributed by atoms with Crippen LogP contribution in [0.3, 0.4) is 0 Å². The Morgan fingerprint density at radius 3 is 2.69 bits per heavy atom. The highest BCUT2D eigenvalue weighted by molar-refractivity contribution is 6.30. The van der Waals surface area contributed by atoms with Gasteiger partial charge < -0.3 is 19.4 Å². The van der Waals surface area contributed by atoms with Gasteiger partial charge in [0.15, 0.2) is 0 Å². The summed E-state index contributed by atoms with van der Waals surface area (Å²) < 4.78 is 11.3. The molecule has 0 amide bonds. The van der Waals surface area contributed by atoms with Crippen molar-refractivity contribution in [3.05, 3.63) is 94.5 Å². The molecule has 0 aromatic heterocycles. The first-order chi connectivity index (χ1) is 17.0. The molecular weight excluding hydrogens is 464 g/mol. The van der Waals surface area contributed by atoms with Crippen molar-refractivity contribution in [3.8, 4) is 11.5 Å². The summed E-state index contributed by atoms with van der Waals surface area (Å²) in [5, 5.41) is 15.8. The first-order valence-corrected chi connectivity index (χ1v) is 12.1. The summed E-state index contributed by atoms with van der Waals surface area (Å²) in [6.07, 6.45) is -0.0967. The summed E-state index contributed by atoms with van der Waals surface area (Å²) in [5.74, 6) is 1.59. The van der Waals surface area contributed by atoms with Crippen molar-refractivity contribution in [2.75, 3.05) is 26.8 Å². The predicted octanol–water partition coefficient (Wildman–Crippen LogP) is 5.09. The van der Waals surface area contributed by atoms with Crippen molar-refractivity contribution in [1.29, 1.82) is 0 Å². The van der Waals surface area contributed by atoms with Gasteiger partial charge in [0.1, 0.15) is 30.3 Å². The maximum absolute atomic E-state index is 10.8. The quantitative estimate of drug-likeness (QED) is 0.402. The van der Waals surface area contributed by atoms with Gasteiger partial charge in [-0.15, -0.1) is 0 Å². The molecule has 0 saturated heterocycles. The molecule has 35 heavy (non-hydrogen) atoms. The number of rotatable bonds is 11. The molecular formula is C28H31ClN2O4. The van der Waals surface area contributed by atoms with Gasteiger partial charge in [-0.25, -0.2) is 0 Å². The second-order valence-corrected chi connectivity index (χ2v) is 9.19. The Morgan fingerprint density at radius 1 is 1.11 bits per heavy atom. The molecule has 3 aromatic carbocycles. The summed E-state index contributed by atoms with van der Waals surface area (Å²) >= 11 is 6.02. The Balaban J connectivity index is 1.40. The molecule has 0 spiro atoms. The number of aliphatic hydroxyl groups is 1. The molecule has 0 bridgehead atoms. The van der Waals surface area contributed by atoms with Gasteiger partial charge in [0.25, 0.3) is 0 Å². The van der Waals surface area contributed by atoms with Crippen LogP contribution in [0, 0.1) is 6.92 Å². The van der Waals surface area contributed by atoms with E-state index in [4.69, 9.17) is 25.9 Å². The van der Waals surface area contributed by atoms with Crippen LogP contribution in [0.1, 0.15) is 23.1 Å². The minimum atomic E-state index is -0.668. The molecule has 184 valence electrons. The van der Waals surface area contributed by atoms with Crippen LogP contribution < -0.4 is 9.47 Å². The molecule has 0 aliphatic carbocycles. The normalized spacial score (nSPS) is 16.0. The number of para-hydroxylation sites is 1. The molecule has 1 aliphatic heterocycles. The van der Waals surface area contributed by atoms with Crippen LogP contribution in [0.5, 0.6) is 11.5 Å². The minimum absolute atomic E-state index is 0.115. The average Bonchev–Trinajstić information content (AvgIpc) is 3.32. The number of methoxy groups -OCH3 is 1. The van der Waals surface area contributed by atoms with E-state index in [1.165, 1.54) is 0 Å². The van der Waals surface area contributed by atoms with Crippen LogP contribution in [0.2, 0.25) is 5.02 Å². The predicted molar refractivity (Wildman–Crippen MR) is 138 cm³/mol. The summed E-state index contributed by atoms with van der Waals surface area (Å²) in [6, 6.07) is 23.4. The zero-order valence-corrected chi connectivity index (χ0v) is 20.8. The first-order valence-electron chi connectivity index (χ1n) is 11.7. The fourth-order valence-corrected chi connectivity index (χ4v) is 4.24. The highest BCUT2D eigenvalue weighted by atomic mass is 35.5. The highest BCUT2D eigenvalue weighted by Crippen LogP contribution is 2.22. The zero-order chi connectivity index (χ0) is 24.6. The second kappa shape index (κ2) is 12.1. The van der Waals surface area contributed by atoms with Gasteiger partial charge in [-0.3, -0.25) is 4.90 Å². The Kier molecular flexibility index (Phi) is 8.64. The van der Waals surface area contributed by atoms with E-state index in [0.717, 1.165) is 33.9 Å². The molecule has 3 aromatic rings. The average molecular weight is 495 g/mol. The Labute approximate surface area is 211 Å². The first kappa shape index (κ1) is 25.0. The van der Waals surface area contributed by atoms with E-state index in [0.29, 0.717) is 31.1 Å². The van der Waals surface area contributed by atoms with Gasteiger partial charge in [-0.1, -0.05) is 59.2 Å². The van der Waals surface area contributed by atoms with Crippen LogP contribution in [0.4, 0.5) is 0 Å². The number of benzene rings is 3. The number of ether oxygens (including phenoxy) is 2. The third-order valence-corrected chi connectivity index (χ3v) is 6.16. The molecule has 0 radical (unpaired) electrons. The van der Waals surface area contributed by atoms with E-state index < -0.39 is 6.10 Å². The fourth-order valence-electron chi connectivity index (χ4n) is 4.11. The molecule has 1 heterocycles. The molecule has 6 nitrogen and oxygen atoms in total. The number of halogens is 1. The van der Waals surface area contributed by atoms with E-state index in [1.807, 2.05) is 73.7 Å². The van der Waals surface area contributed by atoms with Gasteiger partial charge in [0, 0.05) is 31.1 Å². The van der Waals surface area contributed by atoms with Crippen molar-refractivity contribution >= 4 is 17.3 Å². The Morgan fingerprint density at radius 2 is 1.91 bits per heavy atom. The Bertz CT molecular complexity index is 1140. The number of hydrogen-bond donors (Lipinski definition) is 1. The SMILES string of the molecule is COc1cccc(CN(CC(O)COc2ccccc2C)CC2CC(c3ccc(Cl)cc3)=NO2)c1. The van der Waals surface area contributed by atoms with Crippen molar-refractivity contribution < 1.29 is 19.4 Å². The maximum Gasteiger partial charge on any atom is 0.145 e. The van der Waals surface area contributed by atoms with Gasteiger partial charge in [0.05, 0.1) is 12.8 Å². The molecule has 1 aliphatic rings. The number of aliphatic hydroxyl groups excluding tert-OH is 1. The summed E-state index contributed by atoms with van der Waals surface area (Å²) in [7, 11) is 1.66. The molecule has 2 atom stereocenters. The van der Waals surface area contributed by atoms with E-state index >= 15 is 0 Å². The lowest BCUT2D eigenvalue weighted by Gasteiger charge is -2.27. The smallest absolute Gasteiger partial charge is 0.145 e. The lowest BCUT2D eigenvalue weighted by atomic mass is 10.0. The monoisotopic (exact) mass is 494 g/mol. The van der Waals surface area contributed by atoms with E-state index in [2.05, 4.69) is 16.1 Å². The lowest BCUT2D eigenvalue weighted by molar-refractivity contribution is 0.0212. The molecule has 1 N–H and O–H groups in total. The van der Waals surface area contributed by atoms with Crippen LogP contribution in [0.15, 0.2) is 78.0 Å². The summed E-state index contributed by atoms with van der Waals surface area (Å²) in [5.41, 5.74) is 4.03. The van der Waals surface area contributed by atoms with Crippen molar-refractivity contribution in [3.63, 3.8) is 0 Å². The highest BCUT2D eigenvalue weighted by Gasteiger charge is 2.26. The van der Waals surface area contributed by atoms with Gasteiger partial charge in [-0.2, -0.15) is 0 Å². The molecule has 4 rings (SSSR count). The second-order valence-electron chi connectivity index (χ2n) is 8.75. The van der Waals surface area contributed by atoms with Crippen LogP contribution in [-0.4, -0.2) is 54.7 Å². The largest absolute Gasteiger partial charge is 0.497 e. The molecule has 7 heteroatoms. The molecule has 2 unspecified atom stereocenters. The number of nitrogens with zero attached hydrogens (tertiary/aromatic N) is 2. The van der Waals surface area contributed by atoms with E-state index in [9.17, 15) is 5.11 Å². The topological polar surface area (TPSA) is 63.5 Å². The standard InChI is InChI=1S/C28H31ClN2O4/c1-20-6-3-4-9-28(20)34-19-24(32)17-31(16-21-7-5-8-25(14-21)33-2)18-26-15-27(30-35-26)22-10-12-23(29)13-11-22/h3-14,24,26,32H,15-19H2,1-2H3. The van der Waals surface area contributed by atoms with Gasteiger partial charge in [0.2, 0.25) is 0 Å². The van der Waals surface area contributed by atoms with Crippen LogP contribution in [-0.2, 0) is 11.4 Å². The molecule has 0 fully saturated rings. The molecule has 0 saturated carbocycles. The van der Waals surface area contributed by atoms with E-state index in [1.54, 1.807) is 7.11 Å². The van der Waals surface area contributed by atoms with Crippen molar-refractivity contribution in [1.82, 2.24) is 4.90 Å². The van der Waals surface area contributed by atoms with Gasteiger partial charge in [-0.05, 0) is 53.9 Å². The zero-order valence-electron chi connectivity index (χ0n) is 20.1. The van der Waals surface area contributed by atoms with Crippen molar-refractivity contribution in [2.45, 2.75) is 32.1 Å². The van der Waals surface area contributed by atoms with Crippen molar-refractivity contribution in [2.24, 2.45) is 5.16 Å². The lowest BCUT2D eigenvalue weighted by Crippen LogP contribution is -2.39. The van der Waals surface area contributed by atoms with Crippen LogP contribution >= 0.6 is 11.6 Å². The van der Waals surface area contributed by atoms with Gasteiger partial charge >= 0.3 is 0 Å². The Hall–Kier alpha value is -3.06. The van der Waals surface area contributed by atoms with E-state index in [-0.39, 0.29) is 12.7 Å². The fraction of sp³-hybridized carbons (Fsp3) is 0.321. The minimum Gasteiger partial charge on any atom is -0.497 e. The third-order valence-electron chi connectivity index (χ3n) is 5.91. The summed E-state index contributed by atoms with van der Waals surface area (Å²) in [6.45, 7) is 3.87. The third kappa shape index (κ3) is 7.21.